The zero-order chi connectivity index (χ0) is 14.6. The third-order valence-electron chi connectivity index (χ3n) is 3.62. The molecule has 4 nitrogen and oxygen atoms in total. The molecule has 0 aromatic heterocycles. The summed E-state index contributed by atoms with van der Waals surface area (Å²) in [6.07, 6.45) is 1.30. The Hall–Kier alpha value is -1.10. The van der Waals surface area contributed by atoms with Crippen LogP contribution in [0, 0.1) is 0 Å². The maximum atomic E-state index is 11.6. The Bertz CT molecular complexity index is 444. The van der Waals surface area contributed by atoms with Gasteiger partial charge < -0.3 is 15.2 Å². The summed E-state index contributed by atoms with van der Waals surface area (Å²) in [6.45, 7) is 2.07. The molecule has 0 bridgehead atoms. The molecule has 1 aliphatic carbocycles. The molecule has 1 fully saturated rings. The van der Waals surface area contributed by atoms with Crippen molar-refractivity contribution in [2.45, 2.75) is 43.4 Å². The van der Waals surface area contributed by atoms with Gasteiger partial charge in [-0.3, -0.25) is 4.79 Å². The fourth-order valence-corrected chi connectivity index (χ4v) is 2.40. The van der Waals surface area contributed by atoms with Gasteiger partial charge in [0.05, 0.1) is 24.9 Å². The first-order chi connectivity index (χ1) is 9.54. The van der Waals surface area contributed by atoms with E-state index in [1.165, 1.54) is 0 Å². The number of rotatable bonds is 6. The molecule has 0 heterocycles. The first kappa shape index (κ1) is 15.3. The molecule has 0 radical (unpaired) electrons. The molecule has 20 heavy (non-hydrogen) atoms. The minimum atomic E-state index is -0.595. The Morgan fingerprint density at radius 2 is 2.15 bits per heavy atom. The molecule has 0 saturated heterocycles. The van der Waals surface area contributed by atoms with Gasteiger partial charge in [0.2, 0.25) is 5.91 Å². The van der Waals surface area contributed by atoms with Crippen molar-refractivity contribution in [1.29, 1.82) is 0 Å². The van der Waals surface area contributed by atoms with Crippen molar-refractivity contribution in [3.05, 3.63) is 35.9 Å². The van der Waals surface area contributed by atoms with Gasteiger partial charge in [0.25, 0.3) is 0 Å². The van der Waals surface area contributed by atoms with Gasteiger partial charge in [-0.15, -0.1) is 11.6 Å². The van der Waals surface area contributed by atoms with Gasteiger partial charge in [0, 0.05) is 0 Å². The molecule has 1 saturated carbocycles. The quantitative estimate of drug-likeness (QED) is 0.788. The van der Waals surface area contributed by atoms with E-state index in [1.807, 2.05) is 30.3 Å². The number of nitrogens with one attached hydrogen (secondary N) is 1. The van der Waals surface area contributed by atoms with E-state index in [4.69, 9.17) is 16.3 Å². The molecule has 0 aliphatic heterocycles. The maximum absolute atomic E-state index is 11.6. The van der Waals surface area contributed by atoms with Gasteiger partial charge in [0.1, 0.15) is 5.38 Å². The van der Waals surface area contributed by atoms with Crippen LogP contribution in [0.2, 0.25) is 0 Å². The summed E-state index contributed by atoms with van der Waals surface area (Å²) in [5.74, 6) is -0.248. The van der Waals surface area contributed by atoms with Crippen LogP contribution in [0.5, 0.6) is 0 Å². The van der Waals surface area contributed by atoms with Crippen molar-refractivity contribution in [2.75, 3.05) is 6.61 Å². The number of carbonyl (C=O) groups is 1. The molecule has 2 N–H and O–H groups in total. The van der Waals surface area contributed by atoms with Gasteiger partial charge in [-0.05, 0) is 25.3 Å². The van der Waals surface area contributed by atoms with Crippen molar-refractivity contribution in [1.82, 2.24) is 5.32 Å². The second kappa shape index (κ2) is 6.57. The van der Waals surface area contributed by atoms with Gasteiger partial charge >= 0.3 is 0 Å². The number of amides is 1. The summed E-state index contributed by atoms with van der Waals surface area (Å²) >= 11 is 5.72. The second-order valence-electron chi connectivity index (χ2n) is 5.37. The minimum absolute atomic E-state index is 0.0632. The average Bonchev–Trinajstić information content (AvgIpc) is 2.41. The summed E-state index contributed by atoms with van der Waals surface area (Å²) in [6, 6.07) is 9.93. The van der Waals surface area contributed by atoms with Gasteiger partial charge in [0.15, 0.2) is 0 Å². The highest BCUT2D eigenvalue weighted by atomic mass is 35.5. The highest BCUT2D eigenvalue weighted by Gasteiger charge is 2.46. The van der Waals surface area contributed by atoms with E-state index in [0.717, 1.165) is 5.56 Å². The minimum Gasteiger partial charge on any atom is -0.394 e. The fourth-order valence-electron chi connectivity index (χ4n) is 2.35. The summed E-state index contributed by atoms with van der Waals surface area (Å²) in [4.78, 5) is 11.6. The summed E-state index contributed by atoms with van der Waals surface area (Å²) < 4.78 is 5.77. The molecule has 110 valence electrons. The van der Waals surface area contributed by atoms with Crippen molar-refractivity contribution in [2.24, 2.45) is 0 Å². The molecule has 1 aromatic rings. The Balaban J connectivity index is 1.78. The van der Waals surface area contributed by atoms with Crippen LogP contribution in [-0.4, -0.2) is 34.6 Å². The fraction of sp³-hybridized carbons (Fsp3) is 0.533. The number of hydrogen-bond donors (Lipinski definition) is 2. The van der Waals surface area contributed by atoms with E-state index in [-0.39, 0.29) is 18.6 Å². The predicted molar refractivity (Wildman–Crippen MR) is 77.5 cm³/mol. The summed E-state index contributed by atoms with van der Waals surface area (Å²) in [7, 11) is 0. The third-order valence-corrected chi connectivity index (χ3v) is 3.82. The number of carbonyl (C=O) groups excluding carboxylic acids is 1. The molecule has 1 amide bonds. The summed E-state index contributed by atoms with van der Waals surface area (Å²) in [5, 5.41) is 11.7. The Kier molecular flexibility index (Phi) is 5.02. The number of aliphatic hydroxyl groups excluding tert-OH is 1. The zero-order valence-electron chi connectivity index (χ0n) is 11.5. The molecular weight excluding hydrogens is 278 g/mol. The Morgan fingerprint density at radius 3 is 2.70 bits per heavy atom. The highest BCUT2D eigenvalue weighted by molar-refractivity contribution is 6.30. The van der Waals surface area contributed by atoms with Crippen LogP contribution in [0.15, 0.2) is 30.3 Å². The van der Waals surface area contributed by atoms with Gasteiger partial charge in [-0.2, -0.15) is 0 Å². The zero-order valence-corrected chi connectivity index (χ0v) is 12.3. The molecule has 1 unspecified atom stereocenters. The number of ether oxygens (including phenoxy) is 1. The predicted octanol–water partition coefficient (Wildman–Crippen LogP) is 1.84. The third kappa shape index (κ3) is 3.72. The van der Waals surface area contributed by atoms with E-state index in [1.54, 1.807) is 6.92 Å². The summed E-state index contributed by atoms with van der Waals surface area (Å²) in [5.41, 5.74) is 0.550. The second-order valence-corrected chi connectivity index (χ2v) is 6.03. The smallest absolute Gasteiger partial charge is 0.238 e. The van der Waals surface area contributed by atoms with E-state index >= 15 is 0 Å². The monoisotopic (exact) mass is 297 g/mol. The van der Waals surface area contributed by atoms with Crippen LogP contribution in [0.1, 0.15) is 25.3 Å². The number of aliphatic hydroxyl groups is 1. The lowest BCUT2D eigenvalue weighted by Gasteiger charge is -2.46. The first-order valence-corrected chi connectivity index (χ1v) is 7.21. The Labute approximate surface area is 124 Å². The molecule has 1 aromatic carbocycles. The van der Waals surface area contributed by atoms with Crippen molar-refractivity contribution in [3.63, 3.8) is 0 Å². The molecule has 1 aliphatic rings. The van der Waals surface area contributed by atoms with Gasteiger partial charge in [-0.1, -0.05) is 30.3 Å². The maximum Gasteiger partial charge on any atom is 0.238 e. The van der Waals surface area contributed by atoms with Crippen molar-refractivity contribution in [3.8, 4) is 0 Å². The van der Waals surface area contributed by atoms with Crippen LogP contribution >= 0.6 is 11.6 Å². The van der Waals surface area contributed by atoms with E-state index in [2.05, 4.69) is 5.32 Å². The first-order valence-electron chi connectivity index (χ1n) is 6.77. The molecule has 5 heteroatoms. The molecule has 0 spiro atoms. The molecular formula is C15H20ClNO3. The SMILES string of the molecule is CC(Cl)C(=O)N[C@]1(CO)C[C@@H](OCc2ccccc2)C1. The Morgan fingerprint density at radius 1 is 1.50 bits per heavy atom. The lowest BCUT2D eigenvalue weighted by atomic mass is 9.74. The van der Waals surface area contributed by atoms with Crippen LogP contribution in [0.3, 0.4) is 0 Å². The number of alkyl halides is 1. The van der Waals surface area contributed by atoms with E-state index in [0.29, 0.717) is 19.4 Å². The average molecular weight is 298 g/mol. The topological polar surface area (TPSA) is 58.6 Å². The van der Waals surface area contributed by atoms with Crippen LogP contribution < -0.4 is 5.32 Å². The lowest BCUT2D eigenvalue weighted by Crippen LogP contribution is -2.63. The highest BCUT2D eigenvalue weighted by Crippen LogP contribution is 2.35. The van der Waals surface area contributed by atoms with Crippen molar-refractivity contribution < 1.29 is 14.6 Å². The van der Waals surface area contributed by atoms with Crippen LogP contribution in [0.4, 0.5) is 0 Å². The van der Waals surface area contributed by atoms with Crippen LogP contribution in [-0.2, 0) is 16.1 Å². The number of halogens is 1. The standard InChI is InChI=1S/C15H20ClNO3/c1-11(16)14(19)17-15(10-18)7-13(8-15)20-9-12-5-3-2-4-6-12/h2-6,11,13,18H,7-10H2,1H3,(H,17,19)/t11?,13-,15-. The largest absolute Gasteiger partial charge is 0.394 e. The normalized spacial score (nSPS) is 26.6. The van der Waals surface area contributed by atoms with Crippen LogP contribution in [0.25, 0.3) is 0 Å². The van der Waals surface area contributed by atoms with E-state index in [9.17, 15) is 9.90 Å². The number of hydrogen-bond acceptors (Lipinski definition) is 3. The molecule has 2 rings (SSSR count). The molecule has 1 atom stereocenters. The van der Waals surface area contributed by atoms with Gasteiger partial charge in [-0.25, -0.2) is 0 Å². The van der Waals surface area contributed by atoms with E-state index < -0.39 is 10.9 Å². The number of benzene rings is 1. The van der Waals surface area contributed by atoms with Crippen molar-refractivity contribution >= 4 is 17.5 Å². The lowest BCUT2D eigenvalue weighted by molar-refractivity contribution is -0.130.